The van der Waals surface area contributed by atoms with Crippen LogP contribution in [0, 0.1) is 3.57 Å². The molecule has 0 saturated carbocycles. The van der Waals surface area contributed by atoms with Crippen LogP contribution in [0.5, 0.6) is 5.75 Å². The Morgan fingerprint density at radius 3 is 2.61 bits per heavy atom. The molecule has 0 radical (unpaired) electrons. The molecule has 2 N–H and O–H groups in total. The van der Waals surface area contributed by atoms with Gasteiger partial charge in [-0.25, -0.2) is 0 Å². The number of hydrogen-bond donors (Lipinski definition) is 2. The first-order valence-electron chi connectivity index (χ1n) is 5.57. The summed E-state index contributed by atoms with van der Waals surface area (Å²) in [5.74, 6) is 0.291. The molecule has 1 unspecified atom stereocenters. The van der Waals surface area contributed by atoms with Crippen LogP contribution in [0.25, 0.3) is 0 Å². The number of phenolic OH excluding ortho intramolecular Hbond substituents is 1. The highest BCUT2D eigenvalue weighted by molar-refractivity contribution is 14.1. The lowest BCUT2D eigenvalue weighted by molar-refractivity contribution is 0.465. The molecule has 0 spiro atoms. The minimum Gasteiger partial charge on any atom is -0.508 e. The molecule has 0 amide bonds. The molecule has 0 aliphatic heterocycles. The molecular weight excluding hydrogens is 361 g/mol. The molecule has 0 bridgehead atoms. The normalized spacial score (nSPS) is 12.2. The highest BCUT2D eigenvalue weighted by atomic mass is 127. The summed E-state index contributed by atoms with van der Waals surface area (Å²) < 4.78 is 1.10. The highest BCUT2D eigenvalue weighted by Gasteiger charge is 2.11. The number of para-hydroxylation sites is 1. The number of aromatic hydroxyl groups is 1. The van der Waals surface area contributed by atoms with Crippen molar-refractivity contribution >= 4 is 39.9 Å². The SMILES string of the molecule is CC(Nc1ccc(I)cc1Cl)c1ccccc1O. The molecule has 2 nitrogen and oxygen atoms in total. The quantitative estimate of drug-likeness (QED) is 0.756. The minimum atomic E-state index is -0.0104. The van der Waals surface area contributed by atoms with Gasteiger partial charge in [0.1, 0.15) is 5.75 Å². The van der Waals surface area contributed by atoms with Crippen molar-refractivity contribution in [3.8, 4) is 5.75 Å². The number of benzene rings is 2. The Hall–Kier alpha value is -0.940. The second-order valence-electron chi connectivity index (χ2n) is 4.05. The molecule has 1 atom stereocenters. The molecule has 0 aromatic heterocycles. The zero-order chi connectivity index (χ0) is 13.1. The van der Waals surface area contributed by atoms with Crippen molar-refractivity contribution in [1.82, 2.24) is 0 Å². The zero-order valence-electron chi connectivity index (χ0n) is 9.82. The molecule has 0 saturated heterocycles. The molecule has 94 valence electrons. The number of hydrogen-bond acceptors (Lipinski definition) is 2. The van der Waals surface area contributed by atoms with Crippen LogP contribution in [-0.4, -0.2) is 5.11 Å². The summed E-state index contributed by atoms with van der Waals surface area (Å²) in [6.07, 6.45) is 0. The van der Waals surface area contributed by atoms with Gasteiger partial charge in [0.05, 0.1) is 16.8 Å². The van der Waals surface area contributed by atoms with Crippen molar-refractivity contribution < 1.29 is 5.11 Å². The Bertz CT molecular complexity index is 559. The van der Waals surface area contributed by atoms with Crippen LogP contribution < -0.4 is 5.32 Å². The number of phenols is 1. The predicted octanol–water partition coefficient (Wildman–Crippen LogP) is 4.82. The van der Waals surface area contributed by atoms with E-state index in [1.54, 1.807) is 6.07 Å². The van der Waals surface area contributed by atoms with Crippen LogP contribution in [0.15, 0.2) is 42.5 Å². The van der Waals surface area contributed by atoms with Gasteiger partial charge in [-0.3, -0.25) is 0 Å². The first-order valence-corrected chi connectivity index (χ1v) is 7.03. The number of rotatable bonds is 3. The van der Waals surface area contributed by atoms with Crippen LogP contribution >= 0.6 is 34.2 Å². The van der Waals surface area contributed by atoms with Crippen LogP contribution in [0.4, 0.5) is 5.69 Å². The van der Waals surface area contributed by atoms with Crippen LogP contribution in [0.3, 0.4) is 0 Å². The fourth-order valence-electron chi connectivity index (χ4n) is 1.77. The third-order valence-electron chi connectivity index (χ3n) is 2.71. The van der Waals surface area contributed by atoms with E-state index in [4.69, 9.17) is 11.6 Å². The van der Waals surface area contributed by atoms with E-state index in [1.807, 2.05) is 43.3 Å². The Morgan fingerprint density at radius 2 is 1.94 bits per heavy atom. The van der Waals surface area contributed by atoms with Gasteiger partial charge in [0.2, 0.25) is 0 Å². The van der Waals surface area contributed by atoms with Gasteiger partial charge in [-0.05, 0) is 53.8 Å². The Morgan fingerprint density at radius 1 is 1.22 bits per heavy atom. The largest absolute Gasteiger partial charge is 0.508 e. The summed E-state index contributed by atoms with van der Waals surface area (Å²) in [7, 11) is 0. The molecule has 2 aromatic rings. The van der Waals surface area contributed by atoms with Gasteiger partial charge in [-0.2, -0.15) is 0 Å². The fraction of sp³-hybridized carbons (Fsp3) is 0.143. The van der Waals surface area contributed by atoms with Gasteiger partial charge < -0.3 is 10.4 Å². The van der Waals surface area contributed by atoms with Crippen LogP contribution in [0.1, 0.15) is 18.5 Å². The standard InChI is InChI=1S/C14H13ClINO/c1-9(11-4-2-3-5-14(11)18)17-13-7-6-10(16)8-12(13)15/h2-9,17-18H,1H3. The Labute approximate surface area is 125 Å². The number of nitrogens with one attached hydrogen (secondary N) is 1. The average molecular weight is 374 g/mol. The summed E-state index contributed by atoms with van der Waals surface area (Å²) in [4.78, 5) is 0. The summed E-state index contributed by atoms with van der Waals surface area (Å²) in [6, 6.07) is 13.1. The summed E-state index contributed by atoms with van der Waals surface area (Å²) in [6.45, 7) is 1.99. The molecule has 0 aliphatic carbocycles. The molecule has 0 fully saturated rings. The third-order valence-corrected chi connectivity index (χ3v) is 3.69. The fourth-order valence-corrected chi connectivity index (χ4v) is 2.68. The lowest BCUT2D eigenvalue weighted by Crippen LogP contribution is -2.07. The van der Waals surface area contributed by atoms with E-state index >= 15 is 0 Å². The first kappa shape index (κ1) is 13.5. The summed E-state index contributed by atoms with van der Waals surface area (Å²) >= 11 is 8.39. The van der Waals surface area contributed by atoms with Gasteiger partial charge >= 0.3 is 0 Å². The van der Waals surface area contributed by atoms with Crippen molar-refractivity contribution in [2.75, 3.05) is 5.32 Å². The van der Waals surface area contributed by atoms with Crippen LogP contribution in [0.2, 0.25) is 5.02 Å². The summed E-state index contributed by atoms with van der Waals surface area (Å²) in [5, 5.41) is 13.8. The zero-order valence-corrected chi connectivity index (χ0v) is 12.7. The van der Waals surface area contributed by atoms with Gasteiger partial charge in [-0.1, -0.05) is 29.8 Å². The van der Waals surface area contributed by atoms with Crippen molar-refractivity contribution in [3.63, 3.8) is 0 Å². The smallest absolute Gasteiger partial charge is 0.120 e. The minimum absolute atomic E-state index is 0.0104. The maximum atomic E-state index is 9.80. The average Bonchev–Trinajstić information content (AvgIpc) is 2.33. The van der Waals surface area contributed by atoms with Crippen molar-refractivity contribution in [3.05, 3.63) is 56.6 Å². The molecule has 0 aliphatic rings. The van der Waals surface area contributed by atoms with Crippen molar-refractivity contribution in [2.24, 2.45) is 0 Å². The van der Waals surface area contributed by atoms with E-state index in [9.17, 15) is 5.11 Å². The topological polar surface area (TPSA) is 32.3 Å². The van der Waals surface area contributed by atoms with E-state index in [-0.39, 0.29) is 6.04 Å². The first-order chi connectivity index (χ1) is 8.58. The Kier molecular flexibility index (Phi) is 4.35. The van der Waals surface area contributed by atoms with Gasteiger partial charge in [0.25, 0.3) is 0 Å². The maximum absolute atomic E-state index is 9.80. The number of anilines is 1. The molecule has 2 rings (SSSR count). The van der Waals surface area contributed by atoms with E-state index in [2.05, 4.69) is 27.9 Å². The molecule has 4 heteroatoms. The van der Waals surface area contributed by atoms with Crippen LogP contribution in [-0.2, 0) is 0 Å². The molecule has 0 heterocycles. The summed E-state index contributed by atoms with van der Waals surface area (Å²) in [5.41, 5.74) is 1.72. The Balaban J connectivity index is 2.21. The van der Waals surface area contributed by atoms with Gasteiger partial charge in [-0.15, -0.1) is 0 Å². The van der Waals surface area contributed by atoms with E-state index in [0.717, 1.165) is 14.8 Å². The highest BCUT2D eigenvalue weighted by Crippen LogP contribution is 2.30. The second kappa shape index (κ2) is 5.80. The van der Waals surface area contributed by atoms with Crippen molar-refractivity contribution in [1.29, 1.82) is 0 Å². The molecular formula is C14H13ClINO. The number of halogens is 2. The lowest BCUT2D eigenvalue weighted by Gasteiger charge is -2.17. The van der Waals surface area contributed by atoms with E-state index in [1.165, 1.54) is 0 Å². The second-order valence-corrected chi connectivity index (χ2v) is 5.70. The lowest BCUT2D eigenvalue weighted by atomic mass is 10.1. The molecule has 2 aromatic carbocycles. The molecule has 18 heavy (non-hydrogen) atoms. The van der Waals surface area contributed by atoms with Gasteiger partial charge in [0, 0.05) is 9.13 Å². The van der Waals surface area contributed by atoms with Crippen molar-refractivity contribution in [2.45, 2.75) is 13.0 Å². The maximum Gasteiger partial charge on any atom is 0.120 e. The van der Waals surface area contributed by atoms with E-state index in [0.29, 0.717) is 10.8 Å². The van der Waals surface area contributed by atoms with Gasteiger partial charge in [0.15, 0.2) is 0 Å². The third kappa shape index (κ3) is 3.09. The van der Waals surface area contributed by atoms with E-state index < -0.39 is 0 Å². The monoisotopic (exact) mass is 373 g/mol. The predicted molar refractivity (Wildman–Crippen MR) is 84.3 cm³/mol.